The van der Waals surface area contributed by atoms with Gasteiger partial charge < -0.3 is 10.2 Å². The molecule has 1 aliphatic heterocycles. The van der Waals surface area contributed by atoms with Crippen LogP contribution in [0.3, 0.4) is 0 Å². The number of benzene rings is 1. The molecule has 0 spiro atoms. The number of piperazine rings is 1. The minimum absolute atomic E-state index is 1.06. The van der Waals surface area contributed by atoms with Crippen LogP contribution < -0.4 is 10.2 Å². The molecule has 0 atom stereocenters. The molecule has 1 saturated heterocycles. The summed E-state index contributed by atoms with van der Waals surface area (Å²) in [6, 6.07) is 6.98. The molecule has 98 valence electrons. The van der Waals surface area contributed by atoms with Gasteiger partial charge in [-0.2, -0.15) is 0 Å². The Labute approximate surface area is 113 Å². The highest BCUT2D eigenvalue weighted by Gasteiger charge is 2.14. The second-order valence-corrected chi connectivity index (χ2v) is 5.60. The molecule has 2 aliphatic rings. The molecule has 4 rings (SSSR count). The Morgan fingerprint density at radius 3 is 2.47 bits per heavy atom. The predicted octanol–water partition coefficient (Wildman–Crippen LogP) is 2.13. The van der Waals surface area contributed by atoms with Crippen molar-refractivity contribution in [1.29, 1.82) is 0 Å². The first-order valence-corrected chi connectivity index (χ1v) is 7.27. The van der Waals surface area contributed by atoms with E-state index in [1.54, 1.807) is 5.56 Å². The standard InChI is InChI=1S/C16H19N3/c1-2-12-8-14-10-16(19-6-4-17-5-7-19)18-11-15(14)9-13(12)3-1/h8-11,17H,1-7H2. The minimum atomic E-state index is 1.06. The fraction of sp³-hybridized carbons (Fsp3) is 0.438. The molecular weight excluding hydrogens is 234 g/mol. The number of hydrogen-bond donors (Lipinski definition) is 1. The van der Waals surface area contributed by atoms with E-state index >= 15 is 0 Å². The van der Waals surface area contributed by atoms with Crippen molar-refractivity contribution >= 4 is 16.6 Å². The average Bonchev–Trinajstić information content (AvgIpc) is 2.92. The summed E-state index contributed by atoms with van der Waals surface area (Å²) in [5.41, 5.74) is 3.08. The van der Waals surface area contributed by atoms with E-state index in [2.05, 4.69) is 33.4 Å². The zero-order valence-electron chi connectivity index (χ0n) is 11.2. The number of fused-ring (bicyclic) bond motifs is 2. The van der Waals surface area contributed by atoms with Crippen LogP contribution in [0.1, 0.15) is 17.5 Å². The van der Waals surface area contributed by atoms with Gasteiger partial charge in [-0.25, -0.2) is 4.98 Å². The second kappa shape index (κ2) is 4.49. The quantitative estimate of drug-likeness (QED) is 0.844. The third-order valence-electron chi connectivity index (χ3n) is 4.36. The summed E-state index contributed by atoms with van der Waals surface area (Å²) >= 11 is 0. The number of rotatable bonds is 1. The monoisotopic (exact) mass is 253 g/mol. The Hall–Kier alpha value is -1.61. The average molecular weight is 253 g/mol. The van der Waals surface area contributed by atoms with Crippen molar-refractivity contribution in [2.24, 2.45) is 0 Å². The van der Waals surface area contributed by atoms with Crippen molar-refractivity contribution in [2.75, 3.05) is 31.1 Å². The van der Waals surface area contributed by atoms with Crippen molar-refractivity contribution in [3.8, 4) is 0 Å². The highest BCUT2D eigenvalue weighted by Crippen LogP contribution is 2.28. The lowest BCUT2D eigenvalue weighted by Crippen LogP contribution is -2.43. The van der Waals surface area contributed by atoms with Gasteiger partial charge in [0.25, 0.3) is 0 Å². The van der Waals surface area contributed by atoms with Crippen LogP contribution in [-0.2, 0) is 12.8 Å². The maximum Gasteiger partial charge on any atom is 0.129 e. The molecule has 3 heteroatoms. The van der Waals surface area contributed by atoms with Gasteiger partial charge in [0.2, 0.25) is 0 Å². The summed E-state index contributed by atoms with van der Waals surface area (Å²) in [6.45, 7) is 4.24. The first-order valence-electron chi connectivity index (χ1n) is 7.27. The number of nitrogens with zero attached hydrogens (tertiary/aromatic N) is 2. The van der Waals surface area contributed by atoms with E-state index in [0.29, 0.717) is 0 Å². The first kappa shape index (κ1) is 11.2. The largest absolute Gasteiger partial charge is 0.354 e. The van der Waals surface area contributed by atoms with Crippen LogP contribution >= 0.6 is 0 Å². The summed E-state index contributed by atoms with van der Waals surface area (Å²) in [6.07, 6.45) is 5.84. The van der Waals surface area contributed by atoms with E-state index in [4.69, 9.17) is 0 Å². The predicted molar refractivity (Wildman–Crippen MR) is 78.9 cm³/mol. The van der Waals surface area contributed by atoms with Crippen molar-refractivity contribution in [1.82, 2.24) is 10.3 Å². The molecule has 0 radical (unpaired) electrons. The molecule has 1 aromatic carbocycles. The molecule has 3 nitrogen and oxygen atoms in total. The van der Waals surface area contributed by atoms with Gasteiger partial charge in [0.1, 0.15) is 5.82 Å². The van der Waals surface area contributed by atoms with E-state index in [1.807, 2.05) is 6.20 Å². The van der Waals surface area contributed by atoms with Crippen molar-refractivity contribution < 1.29 is 0 Å². The SMILES string of the molecule is c1nc(N2CCNCC2)cc2cc3c(cc12)CCC3. The van der Waals surface area contributed by atoms with E-state index in [1.165, 1.54) is 35.6 Å². The first-order chi connectivity index (χ1) is 9.40. The maximum absolute atomic E-state index is 4.65. The van der Waals surface area contributed by atoms with Gasteiger partial charge in [0, 0.05) is 37.8 Å². The molecule has 0 unspecified atom stereocenters. The van der Waals surface area contributed by atoms with Gasteiger partial charge >= 0.3 is 0 Å². The summed E-state index contributed by atoms with van der Waals surface area (Å²) in [4.78, 5) is 7.03. The number of pyridine rings is 1. The third kappa shape index (κ3) is 1.98. The lowest BCUT2D eigenvalue weighted by molar-refractivity contribution is 0.585. The van der Waals surface area contributed by atoms with Crippen LogP contribution in [0.4, 0.5) is 5.82 Å². The highest BCUT2D eigenvalue weighted by molar-refractivity contribution is 5.86. The number of aryl methyl sites for hydroxylation is 2. The number of nitrogens with one attached hydrogen (secondary N) is 1. The lowest BCUT2D eigenvalue weighted by Gasteiger charge is -2.28. The molecule has 0 saturated carbocycles. The Morgan fingerprint density at radius 1 is 0.947 bits per heavy atom. The molecule has 2 heterocycles. The van der Waals surface area contributed by atoms with Crippen LogP contribution in [0.25, 0.3) is 10.8 Å². The van der Waals surface area contributed by atoms with Crippen LogP contribution in [0.2, 0.25) is 0 Å². The number of anilines is 1. The van der Waals surface area contributed by atoms with Gasteiger partial charge in [-0.3, -0.25) is 0 Å². The Balaban J connectivity index is 1.76. The minimum Gasteiger partial charge on any atom is -0.354 e. The topological polar surface area (TPSA) is 28.2 Å². The molecule has 0 bridgehead atoms. The van der Waals surface area contributed by atoms with E-state index in [-0.39, 0.29) is 0 Å². The second-order valence-electron chi connectivity index (χ2n) is 5.60. The van der Waals surface area contributed by atoms with Crippen LogP contribution in [0.15, 0.2) is 24.4 Å². The Bertz CT molecular complexity index is 615. The Morgan fingerprint density at radius 2 is 1.68 bits per heavy atom. The highest BCUT2D eigenvalue weighted by atomic mass is 15.2. The van der Waals surface area contributed by atoms with E-state index in [9.17, 15) is 0 Å². The van der Waals surface area contributed by atoms with Crippen molar-refractivity contribution in [3.63, 3.8) is 0 Å². The van der Waals surface area contributed by atoms with Crippen LogP contribution in [0.5, 0.6) is 0 Å². The number of aromatic nitrogens is 1. The lowest BCUT2D eigenvalue weighted by atomic mass is 10.0. The number of hydrogen-bond acceptors (Lipinski definition) is 3. The molecule has 1 fully saturated rings. The van der Waals surface area contributed by atoms with E-state index in [0.717, 1.165) is 32.0 Å². The van der Waals surface area contributed by atoms with Gasteiger partial charge in [0.05, 0.1) is 0 Å². The Kier molecular flexibility index (Phi) is 2.66. The van der Waals surface area contributed by atoms with Crippen LogP contribution in [0, 0.1) is 0 Å². The summed E-state index contributed by atoms with van der Waals surface area (Å²) in [5, 5.41) is 6.03. The van der Waals surface area contributed by atoms with Gasteiger partial charge in [0.15, 0.2) is 0 Å². The summed E-state index contributed by atoms with van der Waals surface area (Å²) in [5.74, 6) is 1.13. The normalized spacial score (nSPS) is 18.8. The molecule has 1 aliphatic carbocycles. The van der Waals surface area contributed by atoms with Gasteiger partial charge in [-0.1, -0.05) is 6.07 Å². The van der Waals surface area contributed by atoms with Gasteiger partial charge in [-0.15, -0.1) is 0 Å². The maximum atomic E-state index is 4.65. The fourth-order valence-corrected chi connectivity index (χ4v) is 3.28. The fourth-order valence-electron chi connectivity index (χ4n) is 3.28. The zero-order chi connectivity index (χ0) is 12.7. The molecule has 2 aromatic rings. The molecule has 0 amide bonds. The van der Waals surface area contributed by atoms with Gasteiger partial charge in [-0.05, 0) is 47.9 Å². The van der Waals surface area contributed by atoms with Crippen molar-refractivity contribution in [3.05, 3.63) is 35.5 Å². The summed E-state index contributed by atoms with van der Waals surface area (Å²) < 4.78 is 0. The van der Waals surface area contributed by atoms with Crippen LogP contribution in [-0.4, -0.2) is 31.2 Å². The molecular formula is C16H19N3. The summed E-state index contributed by atoms with van der Waals surface area (Å²) in [7, 11) is 0. The molecule has 1 N–H and O–H groups in total. The third-order valence-corrected chi connectivity index (χ3v) is 4.36. The molecule has 19 heavy (non-hydrogen) atoms. The van der Waals surface area contributed by atoms with Crippen molar-refractivity contribution in [2.45, 2.75) is 19.3 Å². The zero-order valence-corrected chi connectivity index (χ0v) is 11.2. The van der Waals surface area contributed by atoms with E-state index < -0.39 is 0 Å². The smallest absolute Gasteiger partial charge is 0.129 e. The molecule has 1 aromatic heterocycles.